The first kappa shape index (κ1) is 23.8. The Kier molecular flexibility index (Phi) is 6.80. The van der Waals surface area contributed by atoms with Crippen molar-refractivity contribution in [3.8, 4) is 23.0 Å². The molecule has 10 heteroatoms. The van der Waals surface area contributed by atoms with E-state index in [9.17, 15) is 4.79 Å². The summed E-state index contributed by atoms with van der Waals surface area (Å²) in [5.74, 6) is 1.97. The summed E-state index contributed by atoms with van der Waals surface area (Å²) in [5.41, 5.74) is 2.04. The number of anilines is 1. The number of halogens is 2. The molecule has 0 aliphatic carbocycles. The van der Waals surface area contributed by atoms with Crippen LogP contribution in [-0.4, -0.2) is 24.1 Å². The minimum atomic E-state index is -0.242. The fourth-order valence-corrected chi connectivity index (χ4v) is 5.36. The SMILES string of the molecule is COc1cccc(/C=C2/SC(=S)N(c3ccc4c(c3)OCO4)C2=O)c1OCc1ccc(Cl)cc1Cl. The van der Waals surface area contributed by atoms with Crippen molar-refractivity contribution in [2.45, 2.75) is 6.61 Å². The molecule has 0 aromatic heterocycles. The second-order valence-corrected chi connectivity index (χ2v) is 9.98. The molecule has 0 saturated carbocycles. The van der Waals surface area contributed by atoms with E-state index in [0.717, 1.165) is 5.56 Å². The lowest BCUT2D eigenvalue weighted by atomic mass is 10.1. The molecule has 6 nitrogen and oxygen atoms in total. The molecule has 1 fully saturated rings. The Morgan fingerprint density at radius 2 is 1.94 bits per heavy atom. The molecular formula is C25H17Cl2NO5S2. The molecule has 0 unspecified atom stereocenters. The van der Waals surface area contributed by atoms with Crippen molar-refractivity contribution >= 4 is 69.2 Å². The highest BCUT2D eigenvalue weighted by Gasteiger charge is 2.34. The highest BCUT2D eigenvalue weighted by Crippen LogP contribution is 2.42. The summed E-state index contributed by atoms with van der Waals surface area (Å²) in [6.45, 7) is 0.340. The summed E-state index contributed by atoms with van der Waals surface area (Å²) >= 11 is 19.0. The number of fused-ring (bicyclic) bond motifs is 1. The molecule has 0 atom stereocenters. The zero-order valence-electron chi connectivity index (χ0n) is 18.2. The number of thioether (sulfide) groups is 1. The van der Waals surface area contributed by atoms with Gasteiger partial charge in [-0.2, -0.15) is 0 Å². The van der Waals surface area contributed by atoms with Gasteiger partial charge in [-0.1, -0.05) is 65.4 Å². The molecule has 3 aromatic carbocycles. The van der Waals surface area contributed by atoms with Crippen LogP contribution in [0, 0.1) is 0 Å². The number of rotatable bonds is 6. The third-order valence-corrected chi connectivity index (χ3v) is 7.20. The summed E-state index contributed by atoms with van der Waals surface area (Å²) in [6.07, 6.45) is 1.74. The van der Waals surface area contributed by atoms with E-state index in [2.05, 4.69) is 0 Å². The van der Waals surface area contributed by atoms with Gasteiger partial charge in [-0.05, 0) is 36.4 Å². The molecule has 0 radical (unpaired) electrons. The van der Waals surface area contributed by atoms with E-state index >= 15 is 0 Å². The summed E-state index contributed by atoms with van der Waals surface area (Å²) in [6, 6.07) is 15.9. The molecule has 0 N–H and O–H groups in total. The third-order valence-electron chi connectivity index (χ3n) is 5.31. The van der Waals surface area contributed by atoms with Gasteiger partial charge in [-0.3, -0.25) is 9.69 Å². The van der Waals surface area contributed by atoms with Gasteiger partial charge in [0.2, 0.25) is 6.79 Å². The van der Waals surface area contributed by atoms with E-state index in [-0.39, 0.29) is 19.3 Å². The third kappa shape index (κ3) is 4.79. The molecule has 1 saturated heterocycles. The zero-order valence-corrected chi connectivity index (χ0v) is 21.4. The van der Waals surface area contributed by atoms with Crippen LogP contribution >= 0.6 is 47.2 Å². The number of para-hydroxylation sites is 1. The maximum absolute atomic E-state index is 13.3. The van der Waals surface area contributed by atoms with Crippen molar-refractivity contribution in [1.29, 1.82) is 0 Å². The Hall–Kier alpha value is -2.91. The molecule has 2 aliphatic rings. The average molecular weight is 546 g/mol. The number of thiocarbonyl (C=S) groups is 1. The molecule has 2 aliphatic heterocycles. The quantitative estimate of drug-likeness (QED) is 0.252. The second-order valence-electron chi connectivity index (χ2n) is 7.46. The smallest absolute Gasteiger partial charge is 0.270 e. The van der Waals surface area contributed by atoms with Gasteiger partial charge in [0.1, 0.15) is 6.61 Å². The van der Waals surface area contributed by atoms with Gasteiger partial charge in [0.25, 0.3) is 5.91 Å². The number of carbonyl (C=O) groups is 1. The Balaban J connectivity index is 1.44. The van der Waals surface area contributed by atoms with Crippen LogP contribution in [0.5, 0.6) is 23.0 Å². The molecule has 35 heavy (non-hydrogen) atoms. The van der Waals surface area contributed by atoms with Crippen LogP contribution in [0.25, 0.3) is 6.08 Å². The van der Waals surface area contributed by atoms with E-state index in [0.29, 0.717) is 53.5 Å². The van der Waals surface area contributed by atoms with E-state index in [4.69, 9.17) is 54.4 Å². The number of nitrogens with zero attached hydrogens (tertiary/aromatic N) is 1. The zero-order chi connectivity index (χ0) is 24.5. The number of hydrogen-bond donors (Lipinski definition) is 0. The van der Waals surface area contributed by atoms with Gasteiger partial charge in [-0.15, -0.1) is 0 Å². The minimum absolute atomic E-state index is 0.150. The average Bonchev–Trinajstić information content (AvgIpc) is 3.42. The Labute approximate surface area is 221 Å². The van der Waals surface area contributed by atoms with Crippen LogP contribution < -0.4 is 23.8 Å². The Morgan fingerprint density at radius 1 is 1.11 bits per heavy atom. The lowest BCUT2D eigenvalue weighted by molar-refractivity contribution is -0.113. The van der Waals surface area contributed by atoms with Crippen LogP contribution in [0.3, 0.4) is 0 Å². The largest absolute Gasteiger partial charge is 0.493 e. The predicted octanol–water partition coefficient (Wildman–Crippen LogP) is 6.72. The van der Waals surface area contributed by atoms with E-state index in [1.807, 2.05) is 12.1 Å². The highest BCUT2D eigenvalue weighted by atomic mass is 35.5. The topological polar surface area (TPSA) is 57.2 Å². The molecule has 178 valence electrons. The van der Waals surface area contributed by atoms with Crippen LogP contribution in [0.15, 0.2) is 59.5 Å². The second kappa shape index (κ2) is 9.99. The fourth-order valence-electron chi connectivity index (χ4n) is 3.61. The maximum atomic E-state index is 13.3. The number of hydrogen-bond acceptors (Lipinski definition) is 7. The first-order valence-corrected chi connectivity index (χ1v) is 12.3. The standard InChI is InChI=1S/C25H17Cl2NO5S2/c1-30-20-4-2-3-14(23(20)31-12-15-5-6-16(26)10-18(15)27)9-22-24(29)28(25(34)35-22)17-7-8-19-21(11-17)33-13-32-19/h2-11H,12-13H2,1H3/b22-9+. The van der Waals surface area contributed by atoms with Crippen molar-refractivity contribution in [1.82, 2.24) is 0 Å². The minimum Gasteiger partial charge on any atom is -0.493 e. The molecule has 0 spiro atoms. The van der Waals surface area contributed by atoms with Crippen molar-refractivity contribution in [2.75, 3.05) is 18.8 Å². The van der Waals surface area contributed by atoms with Gasteiger partial charge in [0.15, 0.2) is 27.3 Å². The molecule has 3 aromatic rings. The number of benzene rings is 3. The predicted molar refractivity (Wildman–Crippen MR) is 142 cm³/mol. The van der Waals surface area contributed by atoms with Gasteiger partial charge in [0, 0.05) is 27.2 Å². The first-order chi connectivity index (χ1) is 16.9. The van der Waals surface area contributed by atoms with Gasteiger partial charge in [0.05, 0.1) is 17.7 Å². The molecule has 2 heterocycles. The van der Waals surface area contributed by atoms with E-state index in [1.165, 1.54) is 16.7 Å². The normalized spacial score (nSPS) is 15.7. The monoisotopic (exact) mass is 545 g/mol. The fraction of sp³-hybridized carbons (Fsp3) is 0.120. The number of ether oxygens (including phenoxy) is 4. The van der Waals surface area contributed by atoms with E-state index in [1.54, 1.807) is 55.7 Å². The van der Waals surface area contributed by atoms with Gasteiger partial charge >= 0.3 is 0 Å². The molecule has 0 bridgehead atoms. The van der Waals surface area contributed by atoms with Gasteiger partial charge in [-0.25, -0.2) is 0 Å². The summed E-state index contributed by atoms with van der Waals surface area (Å²) in [5, 5.41) is 1.04. The van der Waals surface area contributed by atoms with Crippen LogP contribution in [-0.2, 0) is 11.4 Å². The lowest BCUT2D eigenvalue weighted by Crippen LogP contribution is -2.27. The van der Waals surface area contributed by atoms with Crippen LogP contribution in [0.1, 0.15) is 11.1 Å². The van der Waals surface area contributed by atoms with Crippen LogP contribution in [0.4, 0.5) is 5.69 Å². The number of methoxy groups -OCH3 is 1. The molecule has 5 rings (SSSR count). The number of carbonyl (C=O) groups excluding carboxylic acids is 1. The van der Waals surface area contributed by atoms with Crippen molar-refractivity contribution in [3.05, 3.63) is 80.7 Å². The highest BCUT2D eigenvalue weighted by molar-refractivity contribution is 8.27. The first-order valence-electron chi connectivity index (χ1n) is 10.4. The molecule has 1 amide bonds. The van der Waals surface area contributed by atoms with Gasteiger partial charge < -0.3 is 18.9 Å². The summed E-state index contributed by atoms with van der Waals surface area (Å²) in [7, 11) is 1.56. The maximum Gasteiger partial charge on any atom is 0.270 e. The van der Waals surface area contributed by atoms with E-state index < -0.39 is 0 Å². The number of amides is 1. The lowest BCUT2D eigenvalue weighted by Gasteiger charge is -2.15. The Bertz CT molecular complexity index is 1380. The molecular weight excluding hydrogens is 529 g/mol. The summed E-state index contributed by atoms with van der Waals surface area (Å²) < 4.78 is 22.8. The van der Waals surface area contributed by atoms with Crippen molar-refractivity contribution in [3.63, 3.8) is 0 Å². The Morgan fingerprint density at radius 3 is 2.74 bits per heavy atom. The summed E-state index contributed by atoms with van der Waals surface area (Å²) in [4.78, 5) is 15.2. The van der Waals surface area contributed by atoms with Crippen molar-refractivity contribution in [2.24, 2.45) is 0 Å². The van der Waals surface area contributed by atoms with Crippen molar-refractivity contribution < 1.29 is 23.7 Å². The van der Waals surface area contributed by atoms with Crippen LogP contribution in [0.2, 0.25) is 10.0 Å².